The van der Waals surface area contributed by atoms with E-state index in [9.17, 15) is 19.5 Å². The Bertz CT molecular complexity index is 1150. The molecule has 4 saturated carbocycles. The molecule has 2 heterocycles. The summed E-state index contributed by atoms with van der Waals surface area (Å²) in [6.45, 7) is 5.65. The fourth-order valence-electron chi connectivity index (χ4n) is 10.6. The van der Waals surface area contributed by atoms with Crippen molar-refractivity contribution in [2.75, 3.05) is 33.0 Å². The Morgan fingerprint density at radius 1 is 0.740 bits per heavy atom. The molecule has 0 spiro atoms. The van der Waals surface area contributed by atoms with Crippen LogP contribution < -0.4 is 5.32 Å². The van der Waals surface area contributed by atoms with Gasteiger partial charge in [0.05, 0.1) is 18.3 Å². The Morgan fingerprint density at radius 2 is 1.42 bits per heavy atom. The number of likely N-dealkylation sites (tertiary alicyclic amines) is 1. The van der Waals surface area contributed by atoms with Gasteiger partial charge in [-0.2, -0.15) is 0 Å². The Hall–Kier alpha value is -1.81. The molecule has 4 unspecified atom stereocenters. The molecule has 0 radical (unpaired) electrons. The van der Waals surface area contributed by atoms with Crippen LogP contribution in [0.1, 0.15) is 142 Å². The number of fused-ring (bicyclic) bond motifs is 1. The second-order valence-corrected chi connectivity index (χ2v) is 16.4. The van der Waals surface area contributed by atoms with E-state index in [1.54, 1.807) is 4.90 Å². The first-order valence-electron chi connectivity index (χ1n) is 20.8. The first-order valence-corrected chi connectivity index (χ1v) is 20.8. The second-order valence-electron chi connectivity index (χ2n) is 16.4. The zero-order chi connectivity index (χ0) is 34.9. The topological polar surface area (TPSA) is 114 Å². The molecule has 0 aromatic heterocycles. The van der Waals surface area contributed by atoms with Crippen LogP contribution in [-0.2, 0) is 28.6 Å². The normalized spacial score (nSPS) is 34.8. The lowest BCUT2D eigenvalue weighted by Crippen LogP contribution is -2.53. The summed E-state index contributed by atoms with van der Waals surface area (Å²) in [7, 11) is 0. The molecule has 0 bridgehead atoms. The van der Waals surface area contributed by atoms with Gasteiger partial charge in [0.1, 0.15) is 6.04 Å². The maximum atomic E-state index is 13.2. The Balaban J connectivity index is 0.856. The van der Waals surface area contributed by atoms with Crippen LogP contribution in [-0.4, -0.2) is 85.1 Å². The third-order valence-corrected chi connectivity index (χ3v) is 13.2. The summed E-state index contributed by atoms with van der Waals surface area (Å²) in [5.41, 5.74) is 3.64. The van der Waals surface area contributed by atoms with Crippen LogP contribution in [0.4, 0.5) is 0 Å². The van der Waals surface area contributed by atoms with E-state index in [1.165, 1.54) is 64.2 Å². The van der Waals surface area contributed by atoms with Crippen LogP contribution in [0.5, 0.6) is 0 Å². The zero-order valence-electron chi connectivity index (χ0n) is 30.9. The van der Waals surface area contributed by atoms with Crippen LogP contribution in [0.25, 0.3) is 0 Å². The standard InChI is InChI=1S/C41H66N2O7/c1-2-33(28-9-4-3-5-10-28)39(29-13-17-31(44)18-14-29)30-15-19-32(20-16-30)49-25-7-23-48-24-8-26-50-37-12-6-11-34-35(37)27-43(41(34)47)36-21-22-38(45)42-40(36)46/h28-32,34-37,44H,2-27H2,1H3,(H,42,45,46)/b39-33-. The van der Waals surface area contributed by atoms with Gasteiger partial charge < -0.3 is 24.2 Å². The quantitative estimate of drug-likeness (QED) is 0.112. The van der Waals surface area contributed by atoms with Crippen molar-refractivity contribution in [2.45, 2.75) is 166 Å². The van der Waals surface area contributed by atoms with Gasteiger partial charge in [0, 0.05) is 51.2 Å². The molecule has 2 N–H and O–H groups in total. The van der Waals surface area contributed by atoms with Crippen LogP contribution in [0, 0.1) is 29.6 Å². The van der Waals surface area contributed by atoms with Crippen molar-refractivity contribution in [3.63, 3.8) is 0 Å². The third kappa shape index (κ3) is 9.59. The molecule has 3 amide bonds. The van der Waals surface area contributed by atoms with E-state index in [4.69, 9.17) is 14.2 Å². The molecular formula is C41H66N2O7. The fraction of sp³-hybridized carbons (Fsp3) is 0.878. The van der Waals surface area contributed by atoms with E-state index >= 15 is 0 Å². The van der Waals surface area contributed by atoms with Gasteiger partial charge >= 0.3 is 0 Å². The van der Waals surface area contributed by atoms with Gasteiger partial charge in [-0.25, -0.2) is 0 Å². The lowest BCUT2D eigenvalue weighted by atomic mass is 9.68. The van der Waals surface area contributed by atoms with Crippen LogP contribution in [0.2, 0.25) is 0 Å². The van der Waals surface area contributed by atoms with Gasteiger partial charge in [0.25, 0.3) is 0 Å². The van der Waals surface area contributed by atoms with Crippen molar-refractivity contribution in [1.82, 2.24) is 10.2 Å². The van der Waals surface area contributed by atoms with E-state index in [-0.39, 0.29) is 48.2 Å². The van der Waals surface area contributed by atoms with Gasteiger partial charge in [0.15, 0.2) is 0 Å². The number of nitrogens with zero attached hydrogens (tertiary/aromatic N) is 1. The Labute approximate surface area is 301 Å². The van der Waals surface area contributed by atoms with Crippen molar-refractivity contribution in [3.8, 4) is 0 Å². The molecule has 2 aliphatic heterocycles. The minimum atomic E-state index is -0.531. The van der Waals surface area contributed by atoms with Gasteiger partial charge in [-0.05, 0) is 120 Å². The summed E-state index contributed by atoms with van der Waals surface area (Å²) in [4.78, 5) is 38.9. The molecule has 6 fully saturated rings. The first-order chi connectivity index (χ1) is 24.4. The van der Waals surface area contributed by atoms with Crippen molar-refractivity contribution in [2.24, 2.45) is 29.6 Å². The minimum Gasteiger partial charge on any atom is -0.393 e. The third-order valence-electron chi connectivity index (χ3n) is 13.2. The number of carbonyl (C=O) groups excluding carboxylic acids is 3. The Kier molecular flexibility index (Phi) is 14.3. The highest BCUT2D eigenvalue weighted by atomic mass is 16.5. The fourth-order valence-corrected chi connectivity index (χ4v) is 10.6. The highest BCUT2D eigenvalue weighted by Crippen LogP contribution is 2.46. The lowest BCUT2D eigenvalue weighted by molar-refractivity contribution is -0.144. The predicted molar refractivity (Wildman–Crippen MR) is 192 cm³/mol. The van der Waals surface area contributed by atoms with Crippen molar-refractivity contribution >= 4 is 17.7 Å². The molecule has 9 heteroatoms. The molecule has 6 aliphatic rings. The first kappa shape index (κ1) is 37.9. The summed E-state index contributed by atoms with van der Waals surface area (Å²) in [5, 5.41) is 12.6. The summed E-state index contributed by atoms with van der Waals surface area (Å²) < 4.78 is 18.6. The average Bonchev–Trinajstić information content (AvgIpc) is 3.47. The molecule has 9 nitrogen and oxygen atoms in total. The van der Waals surface area contributed by atoms with Crippen LogP contribution >= 0.6 is 0 Å². The highest BCUT2D eigenvalue weighted by Gasteiger charge is 2.50. The Morgan fingerprint density at radius 3 is 2.10 bits per heavy atom. The average molecular weight is 699 g/mol. The molecule has 0 aromatic carbocycles. The lowest BCUT2D eigenvalue weighted by Gasteiger charge is -2.39. The molecule has 4 atom stereocenters. The number of hydrogen-bond acceptors (Lipinski definition) is 7. The highest BCUT2D eigenvalue weighted by molar-refractivity contribution is 6.02. The molecule has 4 aliphatic carbocycles. The maximum absolute atomic E-state index is 13.2. The van der Waals surface area contributed by atoms with E-state index < -0.39 is 6.04 Å². The van der Waals surface area contributed by atoms with E-state index in [1.807, 2.05) is 11.1 Å². The minimum absolute atomic E-state index is 0.0300. The van der Waals surface area contributed by atoms with Crippen LogP contribution in [0.3, 0.4) is 0 Å². The number of amides is 3. The number of allylic oxidation sites excluding steroid dienone is 2. The number of hydrogen-bond donors (Lipinski definition) is 2. The molecule has 6 rings (SSSR count). The largest absolute Gasteiger partial charge is 0.393 e. The van der Waals surface area contributed by atoms with Gasteiger partial charge in [-0.15, -0.1) is 0 Å². The summed E-state index contributed by atoms with van der Waals surface area (Å²) in [5.74, 6) is 1.69. The molecule has 0 aromatic rings. The van der Waals surface area contributed by atoms with Crippen molar-refractivity contribution < 1.29 is 33.7 Å². The van der Waals surface area contributed by atoms with Gasteiger partial charge in [0.2, 0.25) is 17.7 Å². The summed E-state index contributed by atoms with van der Waals surface area (Å²) in [6.07, 6.45) is 22.7. The number of imide groups is 1. The number of aliphatic hydroxyl groups is 1. The number of nitrogens with one attached hydrogen (secondary N) is 1. The SMILES string of the molecule is CC/C(=C(\C1CCC(O)CC1)C1CCC(OCCCOCCCOC2CCCC3C(=O)N(C4CCC(=O)NC4=O)CC23)CC1)C1CCCCC1. The number of rotatable bonds is 15. The van der Waals surface area contributed by atoms with Crippen molar-refractivity contribution in [3.05, 3.63) is 11.1 Å². The van der Waals surface area contributed by atoms with Crippen molar-refractivity contribution in [1.29, 1.82) is 0 Å². The van der Waals surface area contributed by atoms with Gasteiger partial charge in [-0.1, -0.05) is 43.8 Å². The number of carbonyl (C=O) groups is 3. The molecular weight excluding hydrogens is 632 g/mol. The maximum Gasteiger partial charge on any atom is 0.249 e. The summed E-state index contributed by atoms with van der Waals surface area (Å²) in [6, 6.07) is -0.531. The number of aliphatic hydroxyl groups excluding tert-OH is 1. The predicted octanol–water partition coefficient (Wildman–Crippen LogP) is 6.65. The zero-order valence-corrected chi connectivity index (χ0v) is 30.9. The number of ether oxygens (including phenoxy) is 3. The van der Waals surface area contributed by atoms with E-state index in [0.717, 1.165) is 70.3 Å². The van der Waals surface area contributed by atoms with Gasteiger partial charge in [-0.3, -0.25) is 19.7 Å². The smallest absolute Gasteiger partial charge is 0.249 e. The second kappa shape index (κ2) is 18.8. The molecule has 282 valence electrons. The monoisotopic (exact) mass is 698 g/mol. The number of piperidine rings is 1. The van der Waals surface area contributed by atoms with E-state index in [2.05, 4.69) is 12.2 Å². The van der Waals surface area contributed by atoms with Crippen LogP contribution in [0.15, 0.2) is 11.1 Å². The molecule has 2 saturated heterocycles. The van der Waals surface area contributed by atoms with E-state index in [0.29, 0.717) is 50.7 Å². The molecule has 50 heavy (non-hydrogen) atoms. The summed E-state index contributed by atoms with van der Waals surface area (Å²) >= 11 is 0.